The van der Waals surface area contributed by atoms with Crippen LogP contribution >= 0.6 is 0 Å². The molecule has 126 valence electrons. The molecule has 2 heterocycles. The molecule has 5 nitrogen and oxygen atoms in total. The molecule has 3 rings (SSSR count). The van der Waals surface area contributed by atoms with Crippen LogP contribution in [0.3, 0.4) is 0 Å². The van der Waals surface area contributed by atoms with E-state index >= 15 is 0 Å². The van der Waals surface area contributed by atoms with Crippen molar-refractivity contribution in [2.24, 2.45) is 5.92 Å². The van der Waals surface area contributed by atoms with Crippen LogP contribution in [0.15, 0.2) is 36.8 Å². The third-order valence-electron chi connectivity index (χ3n) is 4.81. The molecule has 0 bridgehead atoms. The largest absolute Gasteiger partial charge is 0.355 e. The quantitative estimate of drug-likeness (QED) is 0.939. The van der Waals surface area contributed by atoms with Crippen molar-refractivity contribution in [3.05, 3.63) is 53.5 Å². The molecule has 1 aliphatic heterocycles. The Balaban J connectivity index is 1.48. The SMILES string of the molecule is Cc1ccc(C(=O)NCC2CCN(c3cnccn3)CC2)cc1C. The van der Waals surface area contributed by atoms with E-state index in [4.69, 9.17) is 0 Å². The zero-order valence-corrected chi connectivity index (χ0v) is 14.3. The van der Waals surface area contributed by atoms with E-state index in [1.807, 2.05) is 31.3 Å². The van der Waals surface area contributed by atoms with Crippen molar-refractivity contribution >= 4 is 11.7 Å². The molecule has 1 aromatic carbocycles. The van der Waals surface area contributed by atoms with E-state index in [-0.39, 0.29) is 5.91 Å². The third-order valence-corrected chi connectivity index (χ3v) is 4.81. The fraction of sp³-hybridized carbons (Fsp3) is 0.421. The number of benzene rings is 1. The number of piperidine rings is 1. The van der Waals surface area contributed by atoms with Gasteiger partial charge in [0.2, 0.25) is 0 Å². The van der Waals surface area contributed by atoms with E-state index in [0.29, 0.717) is 5.92 Å². The first kappa shape index (κ1) is 16.4. The first-order valence-corrected chi connectivity index (χ1v) is 8.50. The maximum absolute atomic E-state index is 12.3. The highest BCUT2D eigenvalue weighted by Gasteiger charge is 2.20. The van der Waals surface area contributed by atoms with Crippen LogP contribution in [0.4, 0.5) is 5.82 Å². The minimum atomic E-state index is 0.0226. The van der Waals surface area contributed by atoms with Gasteiger partial charge in [-0.2, -0.15) is 0 Å². The van der Waals surface area contributed by atoms with Crippen molar-refractivity contribution < 1.29 is 4.79 Å². The fourth-order valence-electron chi connectivity index (χ4n) is 3.04. The maximum Gasteiger partial charge on any atom is 0.251 e. The molecule has 5 heteroatoms. The first-order valence-electron chi connectivity index (χ1n) is 8.50. The van der Waals surface area contributed by atoms with Gasteiger partial charge in [-0.15, -0.1) is 0 Å². The summed E-state index contributed by atoms with van der Waals surface area (Å²) in [4.78, 5) is 23.0. The number of hydrogen-bond acceptors (Lipinski definition) is 4. The third kappa shape index (κ3) is 3.91. The van der Waals surface area contributed by atoms with Crippen molar-refractivity contribution in [2.75, 3.05) is 24.5 Å². The van der Waals surface area contributed by atoms with Crippen LogP contribution in [0.2, 0.25) is 0 Å². The van der Waals surface area contributed by atoms with Crippen LogP contribution in [0, 0.1) is 19.8 Å². The molecule has 0 atom stereocenters. The lowest BCUT2D eigenvalue weighted by Gasteiger charge is -2.32. The molecule has 1 saturated heterocycles. The Labute approximate surface area is 143 Å². The Kier molecular flexibility index (Phi) is 5.08. The standard InChI is InChI=1S/C19H24N4O/c1-14-3-4-17(11-15(14)2)19(24)22-12-16-5-9-23(10-6-16)18-13-20-7-8-21-18/h3-4,7-8,11,13,16H,5-6,9-10,12H2,1-2H3,(H,22,24). The topological polar surface area (TPSA) is 58.1 Å². The number of carbonyl (C=O) groups is 1. The molecule has 0 radical (unpaired) electrons. The van der Waals surface area contributed by atoms with Crippen molar-refractivity contribution in [3.63, 3.8) is 0 Å². The van der Waals surface area contributed by atoms with E-state index < -0.39 is 0 Å². The van der Waals surface area contributed by atoms with E-state index in [0.717, 1.165) is 49.4 Å². The second-order valence-electron chi connectivity index (χ2n) is 6.50. The molecule has 1 aromatic heterocycles. The van der Waals surface area contributed by atoms with Gasteiger partial charge >= 0.3 is 0 Å². The van der Waals surface area contributed by atoms with Crippen molar-refractivity contribution in [2.45, 2.75) is 26.7 Å². The fourth-order valence-corrected chi connectivity index (χ4v) is 3.04. The summed E-state index contributed by atoms with van der Waals surface area (Å²) in [6.07, 6.45) is 7.35. The zero-order valence-electron chi connectivity index (χ0n) is 14.3. The molecule has 0 saturated carbocycles. The number of hydrogen-bond donors (Lipinski definition) is 1. The summed E-state index contributed by atoms with van der Waals surface area (Å²) in [6.45, 7) is 6.75. The molecule has 0 aliphatic carbocycles. The number of rotatable bonds is 4. The van der Waals surface area contributed by atoms with Gasteiger partial charge in [0.05, 0.1) is 6.20 Å². The van der Waals surface area contributed by atoms with Gasteiger partial charge in [-0.25, -0.2) is 4.98 Å². The Bertz CT molecular complexity index is 694. The molecule has 24 heavy (non-hydrogen) atoms. The van der Waals surface area contributed by atoms with Gasteiger partial charge in [0.1, 0.15) is 5.82 Å². The number of aromatic nitrogens is 2. The number of amides is 1. The Morgan fingerprint density at radius 1 is 1.21 bits per heavy atom. The maximum atomic E-state index is 12.3. The number of carbonyl (C=O) groups excluding carboxylic acids is 1. The summed E-state index contributed by atoms with van der Waals surface area (Å²) in [6, 6.07) is 5.86. The monoisotopic (exact) mass is 324 g/mol. The number of nitrogens with one attached hydrogen (secondary N) is 1. The van der Waals surface area contributed by atoms with Crippen molar-refractivity contribution in [3.8, 4) is 0 Å². The van der Waals surface area contributed by atoms with Gasteiger partial charge in [0.15, 0.2) is 0 Å². The van der Waals surface area contributed by atoms with Crippen LogP contribution in [-0.2, 0) is 0 Å². The predicted octanol–water partition coefficient (Wildman–Crippen LogP) is 2.74. The molecular weight excluding hydrogens is 300 g/mol. The van der Waals surface area contributed by atoms with Gasteiger partial charge in [0.25, 0.3) is 5.91 Å². The Morgan fingerprint density at radius 3 is 2.67 bits per heavy atom. The second-order valence-corrected chi connectivity index (χ2v) is 6.50. The highest BCUT2D eigenvalue weighted by Crippen LogP contribution is 2.20. The number of anilines is 1. The summed E-state index contributed by atoms with van der Waals surface area (Å²) in [5, 5.41) is 3.08. The van der Waals surface area contributed by atoms with Gasteiger partial charge in [0, 0.05) is 37.6 Å². The van der Waals surface area contributed by atoms with Gasteiger partial charge in [-0.05, 0) is 55.9 Å². The van der Waals surface area contributed by atoms with E-state index in [1.165, 1.54) is 5.56 Å². The number of nitrogens with zero attached hydrogens (tertiary/aromatic N) is 3. The lowest BCUT2D eigenvalue weighted by molar-refractivity contribution is 0.0945. The summed E-state index contributed by atoms with van der Waals surface area (Å²) in [5.74, 6) is 1.48. The smallest absolute Gasteiger partial charge is 0.251 e. The van der Waals surface area contributed by atoms with E-state index in [2.05, 4.69) is 27.1 Å². The van der Waals surface area contributed by atoms with Crippen LogP contribution < -0.4 is 10.2 Å². The highest BCUT2D eigenvalue weighted by atomic mass is 16.1. The van der Waals surface area contributed by atoms with Crippen LogP contribution in [0.1, 0.15) is 34.3 Å². The van der Waals surface area contributed by atoms with E-state index in [9.17, 15) is 4.79 Å². The minimum Gasteiger partial charge on any atom is -0.355 e. The van der Waals surface area contributed by atoms with Gasteiger partial charge in [-0.1, -0.05) is 6.07 Å². The normalized spacial score (nSPS) is 15.3. The predicted molar refractivity (Wildman–Crippen MR) is 95.2 cm³/mol. The van der Waals surface area contributed by atoms with Crippen LogP contribution in [0.5, 0.6) is 0 Å². The number of aryl methyl sites for hydroxylation is 2. The molecule has 0 spiro atoms. The molecule has 1 fully saturated rings. The Morgan fingerprint density at radius 2 is 2.00 bits per heavy atom. The van der Waals surface area contributed by atoms with Crippen LogP contribution in [-0.4, -0.2) is 35.5 Å². The first-order chi connectivity index (χ1) is 11.6. The molecular formula is C19H24N4O. The molecule has 1 amide bonds. The lowest BCUT2D eigenvalue weighted by atomic mass is 9.96. The average molecular weight is 324 g/mol. The highest BCUT2D eigenvalue weighted by molar-refractivity contribution is 5.94. The van der Waals surface area contributed by atoms with Crippen molar-refractivity contribution in [1.82, 2.24) is 15.3 Å². The van der Waals surface area contributed by atoms with Crippen molar-refractivity contribution in [1.29, 1.82) is 0 Å². The van der Waals surface area contributed by atoms with E-state index in [1.54, 1.807) is 12.4 Å². The summed E-state index contributed by atoms with van der Waals surface area (Å²) in [5.41, 5.74) is 3.11. The average Bonchev–Trinajstić information content (AvgIpc) is 2.63. The van der Waals surface area contributed by atoms with Gasteiger partial charge in [-0.3, -0.25) is 9.78 Å². The lowest BCUT2D eigenvalue weighted by Crippen LogP contribution is -2.39. The summed E-state index contributed by atoms with van der Waals surface area (Å²) in [7, 11) is 0. The molecule has 1 aliphatic rings. The molecule has 0 unspecified atom stereocenters. The minimum absolute atomic E-state index is 0.0226. The zero-order chi connectivity index (χ0) is 16.9. The molecule has 1 N–H and O–H groups in total. The second kappa shape index (κ2) is 7.43. The summed E-state index contributed by atoms with van der Waals surface area (Å²) >= 11 is 0. The molecule has 2 aromatic rings. The van der Waals surface area contributed by atoms with Crippen LogP contribution in [0.25, 0.3) is 0 Å². The Hall–Kier alpha value is -2.43. The summed E-state index contributed by atoms with van der Waals surface area (Å²) < 4.78 is 0. The van der Waals surface area contributed by atoms with Gasteiger partial charge < -0.3 is 10.2 Å².